The minimum Gasteiger partial charge on any atom is -0.387 e. The molecule has 2 aromatic rings. The molecule has 0 bridgehead atoms. The molecule has 0 unspecified atom stereocenters. The first kappa shape index (κ1) is 26.7. The lowest BCUT2D eigenvalue weighted by Crippen LogP contribution is -2.88. The molecule has 0 atom stereocenters. The summed E-state index contributed by atoms with van der Waals surface area (Å²) < 4.78 is 0. The van der Waals surface area contributed by atoms with E-state index in [1.54, 1.807) is 0 Å². The summed E-state index contributed by atoms with van der Waals surface area (Å²) >= 11 is 0. The predicted octanol–water partition coefficient (Wildman–Crippen LogP) is 3.22. The van der Waals surface area contributed by atoms with Crippen LogP contribution in [0.1, 0.15) is 49.7 Å². The number of amidine groups is 4. The van der Waals surface area contributed by atoms with Gasteiger partial charge in [0.15, 0.2) is 5.84 Å². The summed E-state index contributed by atoms with van der Waals surface area (Å²) in [6.07, 6.45) is 4.92. The van der Waals surface area contributed by atoms with Gasteiger partial charge >= 0.3 is 0 Å². The van der Waals surface area contributed by atoms with E-state index in [9.17, 15) is 0 Å². The summed E-state index contributed by atoms with van der Waals surface area (Å²) in [4.78, 5) is 13.1. The maximum absolute atomic E-state index is 8.08. The smallest absolute Gasteiger partial charge is 0.199 e. The predicted molar refractivity (Wildman–Crippen MR) is 144 cm³/mol. The molecule has 0 fully saturated rings. The first-order valence-corrected chi connectivity index (χ1v) is 11.8. The van der Waals surface area contributed by atoms with Crippen LogP contribution in [0.2, 0.25) is 0 Å². The molecule has 0 aliphatic carbocycles. The fourth-order valence-corrected chi connectivity index (χ4v) is 3.27. The number of unbranched alkanes of at least 4 members (excludes halogenated alkanes) is 3. The van der Waals surface area contributed by atoms with Crippen molar-refractivity contribution >= 4 is 34.7 Å². The average Bonchev–Trinajstić information content (AvgIpc) is 2.78. The van der Waals surface area contributed by atoms with Crippen molar-refractivity contribution in [1.29, 1.82) is 5.41 Å². The van der Waals surface area contributed by atoms with Crippen LogP contribution in [0.3, 0.4) is 0 Å². The third-order valence-electron chi connectivity index (χ3n) is 5.17. The minimum atomic E-state index is 0.373. The van der Waals surface area contributed by atoms with E-state index in [0.29, 0.717) is 42.7 Å². The summed E-state index contributed by atoms with van der Waals surface area (Å²) in [5.74, 6) is 1.95. The van der Waals surface area contributed by atoms with Crippen molar-refractivity contribution < 1.29 is 5.32 Å². The quantitative estimate of drug-likeness (QED) is 0.176. The van der Waals surface area contributed by atoms with Gasteiger partial charge in [-0.25, -0.2) is 9.98 Å². The zero-order valence-electron chi connectivity index (χ0n) is 20.4. The topological polar surface area (TPSA) is 156 Å². The Labute approximate surface area is 203 Å². The Morgan fingerprint density at radius 3 is 1.76 bits per heavy atom. The van der Waals surface area contributed by atoms with Crippen molar-refractivity contribution in [2.45, 2.75) is 52.4 Å². The number of benzene rings is 2. The highest BCUT2D eigenvalue weighted by Gasteiger charge is 2.05. The molecule has 0 aliphatic rings. The molecule has 0 aromatic heterocycles. The van der Waals surface area contributed by atoms with E-state index in [4.69, 9.17) is 22.6 Å². The molecule has 0 saturated heterocycles. The fraction of sp³-hybridized carbons (Fsp3) is 0.385. The van der Waals surface area contributed by atoms with Gasteiger partial charge in [-0.1, -0.05) is 41.8 Å². The Hall–Kier alpha value is -3.52. The van der Waals surface area contributed by atoms with Crippen LogP contribution < -0.4 is 22.5 Å². The second-order valence-electron chi connectivity index (χ2n) is 8.54. The van der Waals surface area contributed by atoms with Gasteiger partial charge in [0.25, 0.3) is 0 Å². The molecule has 0 heterocycles. The lowest BCUT2D eigenvalue weighted by atomic mass is 10.2. The summed E-state index contributed by atoms with van der Waals surface area (Å²) in [5.41, 5.74) is 22.0. The third-order valence-corrected chi connectivity index (χ3v) is 5.17. The van der Waals surface area contributed by atoms with E-state index in [0.717, 1.165) is 43.6 Å². The summed E-state index contributed by atoms with van der Waals surface area (Å²) in [5, 5.41) is 10.0. The first-order chi connectivity index (χ1) is 16.3. The number of nitrogens with one attached hydrogen (secondary N) is 1. The van der Waals surface area contributed by atoms with Crippen LogP contribution in [0.4, 0.5) is 11.4 Å². The third kappa shape index (κ3) is 11.4. The molecule has 0 radical (unpaired) electrons. The van der Waals surface area contributed by atoms with Crippen molar-refractivity contribution in [2.24, 2.45) is 32.2 Å². The highest BCUT2D eigenvalue weighted by Crippen LogP contribution is 2.13. The van der Waals surface area contributed by atoms with Crippen LogP contribution in [-0.2, 0) is 0 Å². The van der Waals surface area contributed by atoms with Crippen LogP contribution in [-0.4, -0.2) is 36.4 Å². The number of aryl methyl sites for hydroxylation is 2. The molecule has 0 spiro atoms. The van der Waals surface area contributed by atoms with Crippen LogP contribution >= 0.6 is 0 Å². The van der Waals surface area contributed by atoms with Crippen molar-refractivity contribution in [3.63, 3.8) is 0 Å². The number of hydrogen-bond donors (Lipinski definition) is 5. The lowest BCUT2D eigenvalue weighted by Gasteiger charge is -2.04. The highest BCUT2D eigenvalue weighted by atomic mass is 15.0. The molecule has 2 aromatic carbocycles. The Bertz CT molecular complexity index is 988. The number of quaternary nitrogens is 1. The van der Waals surface area contributed by atoms with Gasteiger partial charge in [-0.2, -0.15) is 0 Å². The van der Waals surface area contributed by atoms with Crippen molar-refractivity contribution in [3.8, 4) is 0 Å². The highest BCUT2D eigenvalue weighted by molar-refractivity contribution is 6.01. The molecule has 0 amide bonds. The van der Waals surface area contributed by atoms with Gasteiger partial charge in [0, 0.05) is 6.54 Å². The molecular formula is C26H39N8+. The van der Waals surface area contributed by atoms with Crippen molar-refractivity contribution in [1.82, 2.24) is 0 Å². The Morgan fingerprint density at radius 1 is 0.706 bits per heavy atom. The second-order valence-corrected chi connectivity index (χ2v) is 8.54. The number of hydrogen-bond acceptors (Lipinski definition) is 4. The Kier molecular flexibility index (Phi) is 11.5. The number of nitrogens with zero attached hydrogens (tertiary/aromatic N) is 3. The summed E-state index contributed by atoms with van der Waals surface area (Å²) in [6.45, 7) is 5.62. The standard InChI is InChI=1S/C26H38N8/c1-19-7-11-21(12-8-19)33-25(29)17-23(27)31-15-5-3-4-6-16-32-24(28)18-26(30)34-22-13-9-20(2)10-14-22/h7-14H,3-6,15-18H2,1-2H3,(H2,27,31)(H2,28,32)(H2,29,33)(H2,30,34)/p+1. The molecule has 9 N–H and O–H groups in total. The second kappa shape index (κ2) is 14.6. The van der Waals surface area contributed by atoms with Gasteiger partial charge in [0.1, 0.15) is 17.5 Å². The van der Waals surface area contributed by atoms with Crippen LogP contribution in [0.15, 0.2) is 63.5 Å². The van der Waals surface area contributed by atoms with E-state index in [1.807, 2.05) is 67.7 Å². The number of rotatable bonds is 13. The molecule has 182 valence electrons. The molecule has 8 heteroatoms. The summed E-state index contributed by atoms with van der Waals surface area (Å²) in [6, 6.07) is 15.7. The van der Waals surface area contributed by atoms with Gasteiger partial charge in [0.05, 0.1) is 30.8 Å². The minimum absolute atomic E-state index is 0.373. The molecule has 8 nitrogen and oxygen atoms in total. The van der Waals surface area contributed by atoms with E-state index < -0.39 is 0 Å². The van der Waals surface area contributed by atoms with Gasteiger partial charge < -0.3 is 22.5 Å². The first-order valence-electron chi connectivity index (χ1n) is 11.8. The van der Waals surface area contributed by atoms with Crippen molar-refractivity contribution in [3.05, 3.63) is 59.7 Å². The fourth-order valence-electron chi connectivity index (χ4n) is 3.27. The summed E-state index contributed by atoms with van der Waals surface area (Å²) in [7, 11) is 0. The van der Waals surface area contributed by atoms with E-state index in [-0.39, 0.29) is 0 Å². The van der Waals surface area contributed by atoms with Crippen LogP contribution in [0.25, 0.3) is 0 Å². The molecule has 2 rings (SSSR count). The Morgan fingerprint density at radius 2 is 1.21 bits per heavy atom. The average molecular weight is 464 g/mol. The van der Waals surface area contributed by atoms with E-state index in [1.165, 1.54) is 11.1 Å². The monoisotopic (exact) mass is 463 g/mol. The normalized spacial score (nSPS) is 12.7. The van der Waals surface area contributed by atoms with Gasteiger partial charge in [-0.3, -0.25) is 10.4 Å². The van der Waals surface area contributed by atoms with Crippen LogP contribution in [0, 0.1) is 19.3 Å². The number of nitrogens with two attached hydrogens (primary N) is 4. The maximum atomic E-state index is 8.08. The van der Waals surface area contributed by atoms with Gasteiger partial charge in [-0.05, 0) is 57.4 Å². The molecular weight excluding hydrogens is 424 g/mol. The van der Waals surface area contributed by atoms with Gasteiger partial charge in [0.2, 0.25) is 0 Å². The SMILES string of the molecule is Cc1ccc(N=C(N)CC(=N)[NH2+]CCCCCCN=C(N)CC(N)=Nc2ccc(C)cc2)cc1. The largest absolute Gasteiger partial charge is 0.387 e. The molecule has 0 saturated carbocycles. The Balaban J connectivity index is 1.55. The molecule has 34 heavy (non-hydrogen) atoms. The van der Waals surface area contributed by atoms with Crippen molar-refractivity contribution in [2.75, 3.05) is 13.1 Å². The maximum Gasteiger partial charge on any atom is 0.199 e. The zero-order valence-corrected chi connectivity index (χ0v) is 20.4. The molecule has 0 aliphatic heterocycles. The van der Waals surface area contributed by atoms with E-state index >= 15 is 0 Å². The van der Waals surface area contributed by atoms with Gasteiger partial charge in [-0.15, -0.1) is 0 Å². The van der Waals surface area contributed by atoms with Crippen LogP contribution in [0.5, 0.6) is 0 Å². The number of aliphatic imine (C=N–C) groups is 3. The lowest BCUT2D eigenvalue weighted by molar-refractivity contribution is -0.543. The van der Waals surface area contributed by atoms with E-state index in [2.05, 4.69) is 15.0 Å². The zero-order chi connectivity index (χ0) is 24.8.